The van der Waals surface area contributed by atoms with E-state index in [1.54, 1.807) is 0 Å². The minimum absolute atomic E-state index is 0.0103. The second-order valence-corrected chi connectivity index (χ2v) is 8.19. The zero-order chi connectivity index (χ0) is 20.2. The fourth-order valence-electron chi connectivity index (χ4n) is 2.45. The number of halogens is 1. The smallest absolute Gasteiger partial charge is 0.338 e. The van der Waals surface area contributed by atoms with E-state index in [1.165, 1.54) is 30.4 Å². The second kappa shape index (κ2) is 8.68. The summed E-state index contributed by atoms with van der Waals surface area (Å²) in [6.07, 6.45) is 0.261. The van der Waals surface area contributed by atoms with Crippen molar-refractivity contribution in [2.75, 3.05) is 20.1 Å². The third-order valence-electron chi connectivity index (χ3n) is 3.97. The van der Waals surface area contributed by atoms with Gasteiger partial charge in [-0.05, 0) is 38.0 Å². The molecule has 148 valence electrons. The number of rotatable bonds is 5. The molecular formula is C16H20ClN3O6S. The van der Waals surface area contributed by atoms with Crippen LogP contribution >= 0.6 is 11.6 Å². The molecule has 2 N–H and O–H groups in total. The van der Waals surface area contributed by atoms with Gasteiger partial charge < -0.3 is 10.1 Å². The molecule has 1 aliphatic rings. The topological polar surface area (TPSA) is 122 Å². The molecule has 1 unspecified atom stereocenters. The molecule has 1 saturated heterocycles. The molecule has 11 heteroatoms. The molecule has 0 aromatic heterocycles. The van der Waals surface area contributed by atoms with E-state index in [9.17, 15) is 22.8 Å². The molecule has 0 aliphatic carbocycles. The molecule has 0 saturated carbocycles. The summed E-state index contributed by atoms with van der Waals surface area (Å²) in [5.41, 5.74) is -0.0724. The van der Waals surface area contributed by atoms with Gasteiger partial charge in [0, 0.05) is 20.1 Å². The summed E-state index contributed by atoms with van der Waals surface area (Å²) in [6.45, 7) is 2.07. The Morgan fingerprint density at radius 2 is 1.85 bits per heavy atom. The van der Waals surface area contributed by atoms with Crippen LogP contribution in [-0.4, -0.2) is 56.9 Å². The van der Waals surface area contributed by atoms with Gasteiger partial charge in [-0.3, -0.25) is 10.1 Å². The van der Waals surface area contributed by atoms with Crippen molar-refractivity contribution in [3.8, 4) is 0 Å². The van der Waals surface area contributed by atoms with Crippen LogP contribution in [0.15, 0.2) is 23.1 Å². The molecular weight excluding hydrogens is 398 g/mol. The first-order valence-electron chi connectivity index (χ1n) is 8.20. The number of imide groups is 1. The predicted molar refractivity (Wildman–Crippen MR) is 96.9 cm³/mol. The number of esters is 1. The standard InChI is InChI=1S/C16H20ClN3O6S/c1-10(14(21)19-16(23)18-2)26-15(22)11-5-6-12(17)13(9-11)27(24,25)20-7-3-4-8-20/h5-6,9-10H,3-4,7-8H2,1-2H3,(H2,18,19,21,23). The van der Waals surface area contributed by atoms with E-state index in [0.29, 0.717) is 13.1 Å². The average molecular weight is 418 g/mol. The quantitative estimate of drug-likeness (QED) is 0.692. The van der Waals surface area contributed by atoms with Crippen molar-refractivity contribution >= 4 is 39.5 Å². The molecule has 1 aromatic rings. The Morgan fingerprint density at radius 1 is 1.22 bits per heavy atom. The van der Waals surface area contributed by atoms with Crippen molar-refractivity contribution in [2.24, 2.45) is 0 Å². The number of hydrogen-bond acceptors (Lipinski definition) is 6. The average Bonchev–Trinajstić information content (AvgIpc) is 3.17. The van der Waals surface area contributed by atoms with Crippen LogP contribution in [0.25, 0.3) is 0 Å². The highest BCUT2D eigenvalue weighted by Gasteiger charge is 2.30. The monoisotopic (exact) mass is 417 g/mol. The maximum atomic E-state index is 12.7. The minimum Gasteiger partial charge on any atom is -0.449 e. The number of nitrogens with zero attached hydrogens (tertiary/aromatic N) is 1. The van der Waals surface area contributed by atoms with Crippen LogP contribution in [0.1, 0.15) is 30.1 Å². The first-order chi connectivity index (χ1) is 12.7. The van der Waals surface area contributed by atoms with E-state index < -0.39 is 34.0 Å². The zero-order valence-corrected chi connectivity index (χ0v) is 16.4. The Kier molecular flexibility index (Phi) is 6.79. The normalized spacial score (nSPS) is 15.8. The largest absolute Gasteiger partial charge is 0.449 e. The molecule has 0 bridgehead atoms. The van der Waals surface area contributed by atoms with Crippen molar-refractivity contribution in [1.29, 1.82) is 0 Å². The van der Waals surface area contributed by atoms with Crippen molar-refractivity contribution in [1.82, 2.24) is 14.9 Å². The third-order valence-corrected chi connectivity index (χ3v) is 6.35. The van der Waals surface area contributed by atoms with Crippen LogP contribution < -0.4 is 10.6 Å². The summed E-state index contributed by atoms with van der Waals surface area (Å²) in [5.74, 6) is -1.73. The van der Waals surface area contributed by atoms with Crippen LogP contribution in [0.5, 0.6) is 0 Å². The lowest BCUT2D eigenvalue weighted by atomic mass is 10.2. The minimum atomic E-state index is -3.83. The van der Waals surface area contributed by atoms with Gasteiger partial charge in [-0.15, -0.1) is 0 Å². The Balaban J connectivity index is 2.18. The summed E-state index contributed by atoms with van der Waals surface area (Å²) in [7, 11) is -2.50. The summed E-state index contributed by atoms with van der Waals surface area (Å²) >= 11 is 6.03. The molecule has 2 rings (SSSR count). The van der Waals surface area contributed by atoms with Gasteiger partial charge in [0.1, 0.15) is 4.90 Å². The summed E-state index contributed by atoms with van der Waals surface area (Å²) in [6, 6.07) is 2.98. The van der Waals surface area contributed by atoms with Crippen LogP contribution in [0.3, 0.4) is 0 Å². The number of hydrogen-bond donors (Lipinski definition) is 2. The number of amides is 3. The molecule has 9 nitrogen and oxygen atoms in total. The highest BCUT2D eigenvalue weighted by Crippen LogP contribution is 2.28. The molecule has 1 atom stereocenters. The highest BCUT2D eigenvalue weighted by molar-refractivity contribution is 7.89. The van der Waals surface area contributed by atoms with E-state index in [-0.39, 0.29) is 15.5 Å². The predicted octanol–water partition coefficient (Wildman–Crippen LogP) is 1.13. The fraction of sp³-hybridized carbons (Fsp3) is 0.438. The van der Waals surface area contributed by atoms with Crippen molar-refractivity contribution in [3.63, 3.8) is 0 Å². The Morgan fingerprint density at radius 3 is 2.44 bits per heavy atom. The second-order valence-electron chi connectivity index (χ2n) is 5.87. The van der Waals surface area contributed by atoms with Crippen LogP contribution in [-0.2, 0) is 19.6 Å². The van der Waals surface area contributed by atoms with Gasteiger partial charge in [0.15, 0.2) is 6.10 Å². The summed E-state index contributed by atoms with van der Waals surface area (Å²) < 4.78 is 31.7. The van der Waals surface area contributed by atoms with Crippen LogP contribution in [0.4, 0.5) is 4.79 Å². The van der Waals surface area contributed by atoms with Gasteiger partial charge in [0.05, 0.1) is 10.6 Å². The lowest BCUT2D eigenvalue weighted by Gasteiger charge is -2.17. The van der Waals surface area contributed by atoms with Crippen LogP contribution in [0.2, 0.25) is 5.02 Å². The maximum absolute atomic E-state index is 12.7. The molecule has 0 radical (unpaired) electrons. The van der Waals surface area contributed by atoms with Crippen LogP contribution in [0, 0.1) is 0 Å². The van der Waals surface area contributed by atoms with Gasteiger partial charge >= 0.3 is 12.0 Å². The van der Waals surface area contributed by atoms with Crippen molar-refractivity contribution in [3.05, 3.63) is 28.8 Å². The van der Waals surface area contributed by atoms with Gasteiger partial charge in [-0.25, -0.2) is 18.0 Å². The van der Waals surface area contributed by atoms with E-state index >= 15 is 0 Å². The summed E-state index contributed by atoms with van der Waals surface area (Å²) in [4.78, 5) is 35.0. The van der Waals surface area contributed by atoms with E-state index in [1.807, 2.05) is 5.32 Å². The fourth-order valence-corrected chi connectivity index (χ4v) is 4.47. The number of nitrogens with one attached hydrogen (secondary N) is 2. The van der Waals surface area contributed by atoms with E-state index in [2.05, 4.69) is 5.32 Å². The molecule has 0 spiro atoms. The number of urea groups is 1. The Labute approximate surface area is 162 Å². The first-order valence-corrected chi connectivity index (χ1v) is 10.0. The van der Waals surface area contributed by atoms with Gasteiger partial charge in [-0.1, -0.05) is 11.6 Å². The number of ether oxygens (including phenoxy) is 1. The third kappa shape index (κ3) is 4.96. The Bertz CT molecular complexity index is 852. The molecule has 27 heavy (non-hydrogen) atoms. The SMILES string of the molecule is CNC(=O)NC(=O)C(C)OC(=O)c1ccc(Cl)c(S(=O)(=O)N2CCCC2)c1. The number of carbonyl (C=O) groups excluding carboxylic acids is 3. The Hall–Kier alpha value is -2.17. The van der Waals surface area contributed by atoms with Crippen molar-refractivity contribution in [2.45, 2.75) is 30.8 Å². The number of carbonyl (C=O) groups is 3. The zero-order valence-electron chi connectivity index (χ0n) is 14.8. The van der Waals surface area contributed by atoms with E-state index in [4.69, 9.17) is 16.3 Å². The maximum Gasteiger partial charge on any atom is 0.338 e. The molecule has 1 heterocycles. The lowest BCUT2D eigenvalue weighted by molar-refractivity contribution is -0.127. The number of sulfonamides is 1. The van der Waals surface area contributed by atoms with E-state index in [0.717, 1.165) is 18.9 Å². The first kappa shape index (κ1) is 21.1. The molecule has 1 aliphatic heterocycles. The molecule has 1 aromatic carbocycles. The summed E-state index contributed by atoms with van der Waals surface area (Å²) in [5, 5.41) is 4.16. The van der Waals surface area contributed by atoms with Gasteiger partial charge in [-0.2, -0.15) is 4.31 Å². The van der Waals surface area contributed by atoms with Gasteiger partial charge in [0.2, 0.25) is 10.0 Å². The number of benzene rings is 1. The lowest BCUT2D eigenvalue weighted by Crippen LogP contribution is -2.43. The van der Waals surface area contributed by atoms with Gasteiger partial charge in [0.25, 0.3) is 5.91 Å². The van der Waals surface area contributed by atoms with Crippen molar-refractivity contribution < 1.29 is 27.5 Å². The highest BCUT2D eigenvalue weighted by atomic mass is 35.5. The molecule has 1 fully saturated rings. The molecule has 3 amide bonds.